The van der Waals surface area contributed by atoms with Gasteiger partial charge in [-0.15, -0.1) is 0 Å². The van der Waals surface area contributed by atoms with Crippen LogP contribution in [0.1, 0.15) is 32.0 Å². The quantitative estimate of drug-likeness (QED) is 0.285. The number of nitrogens with zero attached hydrogens (tertiary/aromatic N) is 2. The molecule has 0 saturated heterocycles. The van der Waals surface area contributed by atoms with Gasteiger partial charge in [0, 0.05) is 11.1 Å². The van der Waals surface area contributed by atoms with Gasteiger partial charge in [0.2, 0.25) is 5.78 Å². The predicted molar refractivity (Wildman–Crippen MR) is 124 cm³/mol. The van der Waals surface area contributed by atoms with E-state index in [9.17, 15) is 9.59 Å². The fourth-order valence-corrected chi connectivity index (χ4v) is 3.99. The van der Waals surface area contributed by atoms with Crippen LogP contribution in [0.2, 0.25) is 0 Å². The summed E-state index contributed by atoms with van der Waals surface area (Å²) in [5, 5.41) is 1.84. The molecule has 5 nitrogen and oxygen atoms in total. The number of hydrogen-bond donors (Lipinski definition) is 0. The first-order valence-electron chi connectivity index (χ1n) is 10.3. The Morgan fingerprint density at radius 2 is 1.62 bits per heavy atom. The molecule has 32 heavy (non-hydrogen) atoms. The lowest BCUT2D eigenvalue weighted by Crippen LogP contribution is -2.06. The van der Waals surface area contributed by atoms with Crippen molar-refractivity contribution in [2.45, 2.75) is 6.92 Å². The Hall–Kier alpha value is -4.25. The van der Waals surface area contributed by atoms with Crippen molar-refractivity contribution in [3.63, 3.8) is 0 Å². The summed E-state index contributed by atoms with van der Waals surface area (Å²) in [6.07, 6.45) is 1.59. The summed E-state index contributed by atoms with van der Waals surface area (Å²) in [6.45, 7) is 2.02. The summed E-state index contributed by atoms with van der Waals surface area (Å²) in [7, 11) is 1.33. The van der Waals surface area contributed by atoms with Gasteiger partial charge in [0.1, 0.15) is 6.33 Å². The van der Waals surface area contributed by atoms with E-state index in [0.29, 0.717) is 28.0 Å². The van der Waals surface area contributed by atoms with Gasteiger partial charge < -0.3 is 4.74 Å². The van der Waals surface area contributed by atoms with Crippen LogP contribution in [-0.2, 0) is 4.74 Å². The average Bonchev–Trinajstić information content (AvgIpc) is 3.22. The predicted octanol–water partition coefficient (Wildman–Crippen LogP) is 5.48. The summed E-state index contributed by atoms with van der Waals surface area (Å²) < 4.78 is 6.65. The minimum absolute atomic E-state index is 0.183. The number of hydrogen-bond acceptors (Lipinski definition) is 4. The van der Waals surface area contributed by atoms with E-state index in [-0.39, 0.29) is 5.78 Å². The van der Waals surface area contributed by atoms with Gasteiger partial charge in [-0.05, 0) is 29.8 Å². The Kier molecular flexibility index (Phi) is 4.79. The second-order valence-corrected chi connectivity index (χ2v) is 7.69. The molecule has 0 fully saturated rings. The van der Waals surface area contributed by atoms with Crippen LogP contribution >= 0.6 is 0 Å². The maximum atomic E-state index is 13.6. The molecule has 3 aromatic carbocycles. The summed E-state index contributed by atoms with van der Waals surface area (Å²) >= 11 is 0. The molecule has 0 saturated carbocycles. The van der Waals surface area contributed by atoms with E-state index in [0.717, 1.165) is 21.9 Å². The third-order valence-corrected chi connectivity index (χ3v) is 5.68. The molecular weight excluding hydrogens is 400 g/mol. The summed E-state index contributed by atoms with van der Waals surface area (Å²) in [6, 6.07) is 24.8. The van der Waals surface area contributed by atoms with Crippen LogP contribution in [0.4, 0.5) is 0 Å². The lowest BCUT2D eigenvalue weighted by atomic mass is 10.00. The van der Waals surface area contributed by atoms with Crippen molar-refractivity contribution in [3.8, 4) is 11.3 Å². The Morgan fingerprint density at radius 3 is 2.41 bits per heavy atom. The van der Waals surface area contributed by atoms with Gasteiger partial charge in [-0.2, -0.15) is 0 Å². The number of benzene rings is 3. The van der Waals surface area contributed by atoms with Crippen molar-refractivity contribution in [1.29, 1.82) is 0 Å². The van der Waals surface area contributed by atoms with E-state index in [4.69, 9.17) is 4.74 Å². The number of carbonyl (C=O) groups is 2. The Bertz CT molecular complexity index is 1490. The van der Waals surface area contributed by atoms with Crippen molar-refractivity contribution >= 4 is 28.0 Å². The lowest BCUT2D eigenvalue weighted by molar-refractivity contribution is 0.0603. The highest BCUT2D eigenvalue weighted by Gasteiger charge is 2.23. The van der Waals surface area contributed by atoms with E-state index in [2.05, 4.69) is 4.98 Å². The topological polar surface area (TPSA) is 60.7 Å². The van der Waals surface area contributed by atoms with Gasteiger partial charge in [-0.3, -0.25) is 9.20 Å². The molecule has 0 atom stereocenters. The van der Waals surface area contributed by atoms with Crippen LogP contribution in [0.5, 0.6) is 0 Å². The van der Waals surface area contributed by atoms with Gasteiger partial charge in [-0.25, -0.2) is 9.78 Å². The molecule has 156 valence electrons. The number of aryl methyl sites for hydroxylation is 1. The molecule has 0 aliphatic rings. The molecule has 0 unspecified atom stereocenters. The first kappa shape index (κ1) is 19.7. The molecule has 2 heterocycles. The molecule has 5 rings (SSSR count). The maximum Gasteiger partial charge on any atom is 0.340 e. The number of rotatable bonds is 4. The SMILES string of the molecule is COC(=O)c1cc(C(=O)c2cccc3ccccc23)n2cnc(-c3ccc(C)cc3)cc12. The molecule has 0 bridgehead atoms. The second kappa shape index (κ2) is 7.78. The molecular formula is C27H20N2O3. The molecule has 0 spiro atoms. The van der Waals surface area contributed by atoms with Crippen molar-refractivity contribution in [3.05, 3.63) is 108 Å². The minimum atomic E-state index is -0.500. The van der Waals surface area contributed by atoms with Crippen molar-refractivity contribution < 1.29 is 14.3 Å². The average molecular weight is 420 g/mol. The molecule has 0 amide bonds. The van der Waals surface area contributed by atoms with Crippen LogP contribution < -0.4 is 0 Å². The van der Waals surface area contributed by atoms with Gasteiger partial charge in [0.05, 0.1) is 29.6 Å². The number of carbonyl (C=O) groups excluding carboxylic acids is 2. The number of ether oxygens (including phenoxy) is 1. The molecule has 0 aliphatic carbocycles. The maximum absolute atomic E-state index is 13.6. The zero-order valence-electron chi connectivity index (χ0n) is 17.7. The third-order valence-electron chi connectivity index (χ3n) is 5.68. The number of esters is 1. The number of aromatic nitrogens is 2. The molecule has 0 N–H and O–H groups in total. The Labute approximate surface area is 184 Å². The van der Waals surface area contributed by atoms with Gasteiger partial charge in [0.15, 0.2) is 0 Å². The normalized spacial score (nSPS) is 11.1. The van der Waals surface area contributed by atoms with Gasteiger partial charge in [0.25, 0.3) is 0 Å². The van der Waals surface area contributed by atoms with E-state index in [1.54, 1.807) is 22.9 Å². The van der Waals surface area contributed by atoms with E-state index >= 15 is 0 Å². The van der Waals surface area contributed by atoms with Gasteiger partial charge in [-0.1, -0.05) is 72.3 Å². The Morgan fingerprint density at radius 1 is 0.875 bits per heavy atom. The van der Waals surface area contributed by atoms with Crippen LogP contribution in [0.25, 0.3) is 27.5 Å². The van der Waals surface area contributed by atoms with E-state index in [1.165, 1.54) is 7.11 Å². The fourth-order valence-electron chi connectivity index (χ4n) is 3.99. The zero-order chi connectivity index (χ0) is 22.2. The van der Waals surface area contributed by atoms with Crippen LogP contribution in [0.3, 0.4) is 0 Å². The highest BCUT2D eigenvalue weighted by Crippen LogP contribution is 2.27. The van der Waals surface area contributed by atoms with Crippen molar-refractivity contribution in [2.75, 3.05) is 7.11 Å². The highest BCUT2D eigenvalue weighted by atomic mass is 16.5. The van der Waals surface area contributed by atoms with Gasteiger partial charge >= 0.3 is 5.97 Å². The van der Waals surface area contributed by atoms with E-state index < -0.39 is 5.97 Å². The number of ketones is 1. The highest BCUT2D eigenvalue weighted by molar-refractivity contribution is 6.17. The molecule has 5 heteroatoms. The largest absolute Gasteiger partial charge is 0.465 e. The third kappa shape index (κ3) is 3.24. The first-order valence-corrected chi connectivity index (χ1v) is 10.3. The molecule has 0 radical (unpaired) electrons. The molecule has 2 aromatic heterocycles. The van der Waals surface area contributed by atoms with E-state index in [1.807, 2.05) is 73.7 Å². The number of fused-ring (bicyclic) bond motifs is 2. The minimum Gasteiger partial charge on any atom is -0.465 e. The zero-order valence-corrected chi connectivity index (χ0v) is 17.7. The summed E-state index contributed by atoms with van der Waals surface area (Å²) in [4.78, 5) is 30.7. The first-order chi connectivity index (χ1) is 15.6. The molecule has 0 aliphatic heterocycles. The summed E-state index contributed by atoms with van der Waals surface area (Å²) in [5.41, 5.74) is 4.62. The smallest absolute Gasteiger partial charge is 0.340 e. The second-order valence-electron chi connectivity index (χ2n) is 7.69. The van der Waals surface area contributed by atoms with Crippen LogP contribution in [-0.4, -0.2) is 28.2 Å². The standard InChI is InChI=1S/C27H20N2O3/c1-17-10-12-19(13-11-17)23-15-24-22(27(31)32-2)14-25(29(24)16-28-23)26(30)21-9-5-7-18-6-3-4-8-20(18)21/h3-16H,1-2H3. The fraction of sp³-hybridized carbons (Fsp3) is 0.0741. The molecule has 5 aromatic rings. The summed E-state index contributed by atoms with van der Waals surface area (Å²) in [5.74, 6) is -0.683. The van der Waals surface area contributed by atoms with Crippen LogP contribution in [0, 0.1) is 6.92 Å². The Balaban J connectivity index is 1.70. The van der Waals surface area contributed by atoms with Crippen molar-refractivity contribution in [1.82, 2.24) is 9.38 Å². The lowest BCUT2D eigenvalue weighted by Gasteiger charge is -2.07. The number of methoxy groups -OCH3 is 1. The van der Waals surface area contributed by atoms with Crippen LogP contribution in [0.15, 0.2) is 85.2 Å². The van der Waals surface area contributed by atoms with Crippen molar-refractivity contribution in [2.24, 2.45) is 0 Å². The monoisotopic (exact) mass is 420 g/mol.